The molecule has 1 unspecified atom stereocenters. The van der Waals surface area contributed by atoms with E-state index in [2.05, 4.69) is 10.6 Å². The van der Waals surface area contributed by atoms with Crippen LogP contribution in [-0.2, 0) is 52.2 Å². The summed E-state index contributed by atoms with van der Waals surface area (Å²) in [6.07, 6.45) is -42.7. The predicted octanol–water partition coefficient (Wildman–Crippen LogP) is -11.6. The molecule has 5 heterocycles. The SMILES string of the molecule is CC(=O)N[C@H]1[C@H](O[C@H]2[C@@H](O)[C@@H](CO)O[C@@H](O[C@H]3[C@H](O)[C@@H](CO)O[C@@H](O[C@H]4[C@@H](O)[C@@H](CO)O[C@@H](O[C@H]5[C@H](O)[C@@H](O)C(O)O[C@@H]5CO)[C@@H]4O)[C@@H]3NC(C)=O)[C@@H]2O)O[C@H](CO)[C@H](O)[C@@H]1O. The van der Waals surface area contributed by atoms with Gasteiger partial charge in [0.2, 0.25) is 11.8 Å². The Hall–Kier alpha value is -2.02. The largest absolute Gasteiger partial charge is 0.394 e. The van der Waals surface area contributed by atoms with Gasteiger partial charge in [0.15, 0.2) is 31.5 Å². The molecule has 0 aliphatic carbocycles. The molecule has 0 saturated carbocycles. The first kappa shape index (κ1) is 51.0. The van der Waals surface area contributed by atoms with Crippen molar-refractivity contribution < 1.29 is 129 Å². The third-order valence-corrected chi connectivity index (χ3v) is 11.1. The molecule has 0 radical (unpaired) electrons. The van der Waals surface area contributed by atoms with Gasteiger partial charge in [-0.15, -0.1) is 0 Å². The highest BCUT2D eigenvalue weighted by atomic mass is 16.8. The van der Waals surface area contributed by atoms with Crippen LogP contribution in [0.15, 0.2) is 0 Å². The maximum Gasteiger partial charge on any atom is 0.217 e. The Bertz CT molecular complexity index is 1440. The highest BCUT2D eigenvalue weighted by Gasteiger charge is 2.57. The average molecular weight is 911 g/mol. The molecule has 62 heavy (non-hydrogen) atoms. The predicted molar refractivity (Wildman–Crippen MR) is 190 cm³/mol. The van der Waals surface area contributed by atoms with Gasteiger partial charge in [0, 0.05) is 13.8 Å². The summed E-state index contributed by atoms with van der Waals surface area (Å²) in [4.78, 5) is 24.6. The quantitative estimate of drug-likeness (QED) is 0.0725. The van der Waals surface area contributed by atoms with E-state index in [1.807, 2.05) is 0 Å². The third-order valence-electron chi connectivity index (χ3n) is 11.1. The standard InChI is InChI=1S/C34H58N2O26/c1-8(42)35-15-21(48)17(44)10(3-37)55-31(15)61-28-19(46)13(6-40)58-34(25(28)52)60-27-16(36-9(2)43)32(56-11(4-38)18(27)45)62-29-20(47)12(5-39)57-33(24(29)51)59-26-14(7-41)54-30(53)23(50)22(26)49/h10-34,37-41,44-53H,3-7H2,1-2H3,(H,35,42)(H,36,43)/t10-,11-,12-,13-,14-,15-,16-,17+,18-,19+,20+,21-,22-,23-,24-,25-,26-,27-,28+,29+,30?,31+,32+,33+,34+/m1/s1. The zero-order valence-electron chi connectivity index (χ0n) is 33.2. The van der Waals surface area contributed by atoms with Crippen molar-refractivity contribution in [2.24, 2.45) is 0 Å². The van der Waals surface area contributed by atoms with E-state index in [1.54, 1.807) is 0 Å². The van der Waals surface area contributed by atoms with Crippen LogP contribution in [0, 0.1) is 0 Å². The Morgan fingerprint density at radius 2 is 0.742 bits per heavy atom. The van der Waals surface area contributed by atoms with Gasteiger partial charge in [0.05, 0.1) is 33.0 Å². The monoisotopic (exact) mass is 910 g/mol. The molecule has 0 aromatic rings. The molecule has 5 rings (SSSR count). The second kappa shape index (κ2) is 22.0. The fourth-order valence-electron chi connectivity index (χ4n) is 7.83. The molecule has 0 aromatic heterocycles. The summed E-state index contributed by atoms with van der Waals surface area (Å²) in [7, 11) is 0. The molecule has 28 nitrogen and oxygen atoms in total. The molecule has 28 heteroatoms. The molecule has 2 amide bonds. The van der Waals surface area contributed by atoms with Gasteiger partial charge in [-0.2, -0.15) is 0 Å². The molecule has 0 aromatic carbocycles. The zero-order chi connectivity index (χ0) is 45.9. The normalized spacial score (nSPS) is 49.0. The van der Waals surface area contributed by atoms with Crippen LogP contribution in [0.4, 0.5) is 0 Å². The van der Waals surface area contributed by atoms with Crippen LogP contribution in [0.5, 0.6) is 0 Å². The smallest absolute Gasteiger partial charge is 0.217 e. The van der Waals surface area contributed by atoms with Crippen molar-refractivity contribution in [3.05, 3.63) is 0 Å². The fraction of sp³-hybridized carbons (Fsp3) is 0.941. The zero-order valence-corrected chi connectivity index (χ0v) is 33.2. The number of carbonyl (C=O) groups is 2. The number of hydrogen-bond acceptors (Lipinski definition) is 26. The van der Waals surface area contributed by atoms with Gasteiger partial charge < -0.3 is 130 Å². The van der Waals surface area contributed by atoms with E-state index < -0.39 is 198 Å². The van der Waals surface area contributed by atoms with E-state index >= 15 is 0 Å². The lowest BCUT2D eigenvalue weighted by atomic mass is 9.94. The molecule has 5 fully saturated rings. The van der Waals surface area contributed by atoms with Gasteiger partial charge in [-0.1, -0.05) is 0 Å². The number of amides is 2. The molecule has 17 N–H and O–H groups in total. The highest BCUT2D eigenvalue weighted by molar-refractivity contribution is 5.73. The van der Waals surface area contributed by atoms with E-state index in [1.165, 1.54) is 0 Å². The second-order valence-electron chi connectivity index (χ2n) is 15.4. The lowest BCUT2D eigenvalue weighted by Crippen LogP contribution is -2.70. The highest BCUT2D eigenvalue weighted by Crippen LogP contribution is 2.36. The van der Waals surface area contributed by atoms with Gasteiger partial charge in [0.1, 0.15) is 122 Å². The summed E-state index contributed by atoms with van der Waals surface area (Å²) in [5.41, 5.74) is 0. The summed E-state index contributed by atoms with van der Waals surface area (Å²) in [6, 6.07) is -3.31. The molecule has 5 aliphatic heterocycles. The first-order valence-electron chi connectivity index (χ1n) is 19.6. The number of hydrogen-bond donors (Lipinski definition) is 17. The minimum atomic E-state index is -2.14. The van der Waals surface area contributed by atoms with E-state index in [9.17, 15) is 86.2 Å². The Kier molecular flexibility index (Phi) is 18.1. The van der Waals surface area contributed by atoms with Crippen molar-refractivity contribution in [1.29, 1.82) is 0 Å². The van der Waals surface area contributed by atoms with Crippen molar-refractivity contribution in [1.82, 2.24) is 10.6 Å². The Morgan fingerprint density at radius 1 is 0.387 bits per heavy atom. The van der Waals surface area contributed by atoms with Crippen LogP contribution in [0.1, 0.15) is 13.8 Å². The number of aliphatic hydroxyl groups is 15. The second-order valence-corrected chi connectivity index (χ2v) is 15.4. The molecule has 0 bridgehead atoms. The van der Waals surface area contributed by atoms with Crippen molar-refractivity contribution in [2.45, 2.75) is 167 Å². The molecular weight excluding hydrogens is 852 g/mol. The number of aliphatic hydroxyl groups excluding tert-OH is 15. The van der Waals surface area contributed by atoms with Gasteiger partial charge >= 0.3 is 0 Å². The van der Waals surface area contributed by atoms with Crippen LogP contribution in [0.25, 0.3) is 0 Å². The Balaban J connectivity index is 1.42. The average Bonchev–Trinajstić information content (AvgIpc) is 3.23. The van der Waals surface area contributed by atoms with Crippen molar-refractivity contribution >= 4 is 11.8 Å². The number of carbonyl (C=O) groups excluding carboxylic acids is 2. The first-order chi connectivity index (χ1) is 29.3. The van der Waals surface area contributed by atoms with Crippen LogP contribution >= 0.6 is 0 Å². The molecule has 5 saturated heterocycles. The third kappa shape index (κ3) is 10.8. The fourth-order valence-corrected chi connectivity index (χ4v) is 7.83. The van der Waals surface area contributed by atoms with Gasteiger partial charge in [-0.3, -0.25) is 9.59 Å². The van der Waals surface area contributed by atoms with E-state index in [4.69, 9.17) is 42.6 Å². The minimum Gasteiger partial charge on any atom is -0.394 e. The maximum absolute atomic E-state index is 12.6. The van der Waals surface area contributed by atoms with Gasteiger partial charge in [-0.05, 0) is 0 Å². The van der Waals surface area contributed by atoms with Crippen LogP contribution in [0.3, 0.4) is 0 Å². The lowest BCUT2D eigenvalue weighted by Gasteiger charge is -2.50. The maximum atomic E-state index is 12.6. The summed E-state index contributed by atoms with van der Waals surface area (Å²) in [5.74, 6) is -1.58. The van der Waals surface area contributed by atoms with E-state index in [0.29, 0.717) is 0 Å². The van der Waals surface area contributed by atoms with Crippen LogP contribution < -0.4 is 10.6 Å². The van der Waals surface area contributed by atoms with Crippen LogP contribution in [0.2, 0.25) is 0 Å². The van der Waals surface area contributed by atoms with Gasteiger partial charge in [-0.25, -0.2) is 0 Å². The van der Waals surface area contributed by atoms with Crippen LogP contribution in [-0.4, -0.2) is 275 Å². The van der Waals surface area contributed by atoms with Crippen molar-refractivity contribution in [3.8, 4) is 0 Å². The summed E-state index contributed by atoms with van der Waals surface area (Å²) in [5, 5.41) is 163. The summed E-state index contributed by atoms with van der Waals surface area (Å²) < 4.78 is 50.9. The van der Waals surface area contributed by atoms with E-state index in [0.717, 1.165) is 13.8 Å². The van der Waals surface area contributed by atoms with Crippen molar-refractivity contribution in [2.75, 3.05) is 33.0 Å². The topological polar surface area (TPSA) is 445 Å². The number of nitrogens with one attached hydrogen (secondary N) is 2. The minimum absolute atomic E-state index is 0.736. The van der Waals surface area contributed by atoms with Gasteiger partial charge in [0.25, 0.3) is 0 Å². The first-order valence-corrected chi connectivity index (χ1v) is 19.6. The summed E-state index contributed by atoms with van der Waals surface area (Å²) in [6.45, 7) is -2.58. The molecule has 0 spiro atoms. The summed E-state index contributed by atoms with van der Waals surface area (Å²) >= 11 is 0. The Labute approximate surface area is 351 Å². The van der Waals surface area contributed by atoms with Crippen molar-refractivity contribution in [3.63, 3.8) is 0 Å². The molecule has 360 valence electrons. The number of ether oxygens (including phenoxy) is 9. The van der Waals surface area contributed by atoms with E-state index in [-0.39, 0.29) is 0 Å². The molecular formula is C34H58N2O26. The lowest BCUT2D eigenvalue weighted by molar-refractivity contribution is -0.383. The number of rotatable bonds is 15. The molecule has 5 aliphatic rings. The molecule has 25 atom stereocenters. The Morgan fingerprint density at radius 3 is 1.18 bits per heavy atom.